The summed E-state index contributed by atoms with van der Waals surface area (Å²) in [5.74, 6) is -1.12. The lowest BCUT2D eigenvalue weighted by atomic mass is 9.83. The first-order valence-electron chi connectivity index (χ1n) is 9.09. The Bertz CT molecular complexity index is 840. The number of carboxylic acid groups (broad SMARTS) is 1. The average Bonchev–Trinajstić information content (AvgIpc) is 3.07. The molecular formula is C17H23F3N6O3. The van der Waals surface area contributed by atoms with Gasteiger partial charge in [0, 0.05) is 6.54 Å². The van der Waals surface area contributed by atoms with Crippen molar-refractivity contribution in [2.24, 2.45) is 5.92 Å². The van der Waals surface area contributed by atoms with E-state index >= 15 is 0 Å². The lowest BCUT2D eigenvalue weighted by Gasteiger charge is -2.53. The minimum atomic E-state index is -5.08. The van der Waals surface area contributed by atoms with Crippen LogP contribution in [-0.4, -0.2) is 87.9 Å². The number of hydrogen-bond donors (Lipinski definition) is 1. The third-order valence-corrected chi connectivity index (χ3v) is 4.93. The third-order valence-electron chi connectivity index (χ3n) is 4.93. The first kappa shape index (κ1) is 21.2. The van der Waals surface area contributed by atoms with Crippen LogP contribution in [0.3, 0.4) is 0 Å². The number of carbonyl (C=O) groups is 1. The van der Waals surface area contributed by atoms with Gasteiger partial charge in [-0.1, -0.05) is 0 Å². The molecular weight excluding hydrogens is 393 g/mol. The van der Waals surface area contributed by atoms with E-state index in [0.717, 1.165) is 44.1 Å². The predicted octanol–water partition coefficient (Wildman–Crippen LogP) is 1.30. The van der Waals surface area contributed by atoms with Crippen molar-refractivity contribution >= 4 is 17.4 Å². The quantitative estimate of drug-likeness (QED) is 0.800. The average molecular weight is 416 g/mol. The molecule has 1 spiro atoms. The summed E-state index contributed by atoms with van der Waals surface area (Å²) in [6, 6.07) is 3.96. The van der Waals surface area contributed by atoms with Crippen molar-refractivity contribution in [1.82, 2.24) is 24.7 Å². The second kappa shape index (κ2) is 8.11. The molecule has 2 fully saturated rings. The maximum atomic E-state index is 10.6. The summed E-state index contributed by atoms with van der Waals surface area (Å²) >= 11 is 0. The number of rotatable bonds is 3. The van der Waals surface area contributed by atoms with Crippen LogP contribution in [-0.2, 0) is 9.53 Å². The fraction of sp³-hybridized carbons (Fsp3) is 0.647. The van der Waals surface area contributed by atoms with E-state index in [1.165, 1.54) is 6.42 Å². The summed E-state index contributed by atoms with van der Waals surface area (Å²) in [5.41, 5.74) is 0.826. The second-order valence-corrected chi connectivity index (χ2v) is 7.65. The summed E-state index contributed by atoms with van der Waals surface area (Å²) in [6.07, 6.45) is -1.04. The third kappa shape index (κ3) is 5.12. The Morgan fingerprint density at radius 2 is 2.07 bits per heavy atom. The predicted molar refractivity (Wildman–Crippen MR) is 96.6 cm³/mol. The summed E-state index contributed by atoms with van der Waals surface area (Å²) in [5, 5.41) is 19.5. The largest absolute Gasteiger partial charge is 0.490 e. The molecule has 0 saturated carbocycles. The van der Waals surface area contributed by atoms with Gasteiger partial charge < -0.3 is 19.6 Å². The van der Waals surface area contributed by atoms with Crippen LogP contribution in [0, 0.1) is 5.92 Å². The first-order valence-corrected chi connectivity index (χ1v) is 9.09. The molecule has 2 aromatic heterocycles. The Kier molecular flexibility index (Phi) is 5.94. The Balaban J connectivity index is 0.000000298. The number of halogens is 3. The molecule has 1 unspecified atom stereocenters. The highest BCUT2D eigenvalue weighted by atomic mass is 19.4. The van der Waals surface area contributed by atoms with Crippen molar-refractivity contribution in [3.8, 4) is 0 Å². The summed E-state index contributed by atoms with van der Waals surface area (Å²) in [4.78, 5) is 13.4. The van der Waals surface area contributed by atoms with Crippen LogP contribution in [0.25, 0.3) is 5.65 Å². The van der Waals surface area contributed by atoms with Crippen LogP contribution in [0.4, 0.5) is 19.0 Å². The van der Waals surface area contributed by atoms with E-state index in [0.29, 0.717) is 5.92 Å². The Morgan fingerprint density at radius 3 is 2.62 bits per heavy atom. The molecule has 0 aliphatic carbocycles. The molecule has 0 radical (unpaired) electrons. The minimum Gasteiger partial charge on any atom is -0.475 e. The molecule has 2 aromatic rings. The molecule has 1 atom stereocenters. The Morgan fingerprint density at radius 1 is 1.38 bits per heavy atom. The van der Waals surface area contributed by atoms with Gasteiger partial charge in [-0.15, -0.1) is 15.3 Å². The van der Waals surface area contributed by atoms with Crippen LogP contribution in [0.5, 0.6) is 0 Å². The van der Waals surface area contributed by atoms with Crippen molar-refractivity contribution in [3.05, 3.63) is 18.5 Å². The van der Waals surface area contributed by atoms with Gasteiger partial charge in [0.1, 0.15) is 17.7 Å². The first-order chi connectivity index (χ1) is 13.6. The highest BCUT2D eigenvalue weighted by molar-refractivity contribution is 5.73. The lowest BCUT2D eigenvalue weighted by Crippen LogP contribution is -2.65. The maximum absolute atomic E-state index is 10.6. The molecule has 0 amide bonds. The number of nitrogens with zero attached hydrogens (tertiary/aromatic N) is 6. The van der Waals surface area contributed by atoms with Crippen LogP contribution in [0.1, 0.15) is 12.8 Å². The van der Waals surface area contributed by atoms with E-state index in [-0.39, 0.29) is 5.60 Å². The molecule has 2 aliphatic rings. The molecule has 2 aliphatic heterocycles. The molecule has 160 valence electrons. The molecule has 29 heavy (non-hydrogen) atoms. The summed E-state index contributed by atoms with van der Waals surface area (Å²) in [6.45, 7) is 3.86. The van der Waals surface area contributed by atoms with Crippen molar-refractivity contribution in [2.45, 2.75) is 24.6 Å². The van der Waals surface area contributed by atoms with Crippen molar-refractivity contribution < 1.29 is 27.8 Å². The van der Waals surface area contributed by atoms with E-state index in [2.05, 4.69) is 39.2 Å². The monoisotopic (exact) mass is 416 g/mol. The van der Waals surface area contributed by atoms with Crippen LogP contribution < -0.4 is 4.90 Å². The Labute approximate surface area is 165 Å². The van der Waals surface area contributed by atoms with Crippen LogP contribution >= 0.6 is 0 Å². The van der Waals surface area contributed by atoms with Gasteiger partial charge in [0.2, 0.25) is 0 Å². The topological polar surface area (TPSA) is 96.1 Å². The number of anilines is 1. The number of carboxylic acids is 1. The van der Waals surface area contributed by atoms with Crippen molar-refractivity contribution in [3.63, 3.8) is 0 Å². The van der Waals surface area contributed by atoms with Crippen molar-refractivity contribution in [2.75, 3.05) is 45.2 Å². The zero-order chi connectivity index (χ0) is 21.2. The molecule has 1 N–H and O–H groups in total. The van der Waals surface area contributed by atoms with Crippen molar-refractivity contribution in [1.29, 1.82) is 0 Å². The maximum Gasteiger partial charge on any atom is 0.490 e. The fourth-order valence-electron chi connectivity index (χ4n) is 3.53. The molecule has 9 nitrogen and oxygen atoms in total. The molecule has 4 heterocycles. The Hall–Kier alpha value is -2.47. The standard InChI is InChI=1S/C15H22N6O.C2HF3O2/c1-19(2)7-12-5-6-15(22-8-12)9-20(10-15)14-4-3-13-17-16-11-21(13)18-14;3-2(4,5)1(6)7/h3-4,11-12H,5-10H2,1-2H3;(H,6,7). The van der Waals surface area contributed by atoms with Crippen LogP contribution in [0.2, 0.25) is 0 Å². The van der Waals surface area contributed by atoms with E-state index < -0.39 is 12.1 Å². The van der Waals surface area contributed by atoms with Gasteiger partial charge in [-0.05, 0) is 45.0 Å². The molecule has 0 bridgehead atoms. The SMILES string of the molecule is CN(C)CC1CCC2(CN(c3ccc4nncn4n3)C2)OC1.O=C(O)C(F)(F)F. The minimum absolute atomic E-state index is 0.0483. The van der Waals surface area contributed by atoms with Gasteiger partial charge in [0.15, 0.2) is 5.65 Å². The number of ether oxygens (including phenoxy) is 1. The highest BCUT2D eigenvalue weighted by Gasteiger charge is 2.47. The zero-order valence-electron chi connectivity index (χ0n) is 16.1. The fourth-order valence-corrected chi connectivity index (χ4v) is 3.53. The second-order valence-electron chi connectivity index (χ2n) is 7.65. The van der Waals surface area contributed by atoms with E-state index in [1.807, 2.05) is 12.1 Å². The van der Waals surface area contributed by atoms with Gasteiger partial charge in [0.05, 0.1) is 19.7 Å². The van der Waals surface area contributed by atoms with E-state index in [4.69, 9.17) is 14.6 Å². The molecule has 4 rings (SSSR count). The van der Waals surface area contributed by atoms with Gasteiger partial charge in [-0.25, -0.2) is 4.79 Å². The van der Waals surface area contributed by atoms with Gasteiger partial charge >= 0.3 is 12.1 Å². The van der Waals surface area contributed by atoms with Gasteiger partial charge in [0.25, 0.3) is 0 Å². The van der Waals surface area contributed by atoms with Gasteiger partial charge in [-0.3, -0.25) is 0 Å². The normalized spacial score (nSPS) is 21.0. The number of aliphatic carboxylic acids is 1. The molecule has 12 heteroatoms. The van der Waals surface area contributed by atoms with Crippen LogP contribution in [0.15, 0.2) is 18.5 Å². The number of alkyl halides is 3. The molecule has 0 aromatic carbocycles. The smallest absolute Gasteiger partial charge is 0.475 e. The summed E-state index contributed by atoms with van der Waals surface area (Å²) < 4.78 is 39.7. The number of hydrogen-bond acceptors (Lipinski definition) is 7. The number of fused-ring (bicyclic) bond motifs is 1. The van der Waals surface area contributed by atoms with Gasteiger partial charge in [-0.2, -0.15) is 17.7 Å². The summed E-state index contributed by atoms with van der Waals surface area (Å²) in [7, 11) is 4.25. The number of aromatic nitrogens is 4. The lowest BCUT2D eigenvalue weighted by molar-refractivity contribution is -0.192. The van der Waals surface area contributed by atoms with E-state index in [1.54, 1.807) is 10.8 Å². The molecule has 2 saturated heterocycles. The highest BCUT2D eigenvalue weighted by Crippen LogP contribution is 2.37. The zero-order valence-corrected chi connectivity index (χ0v) is 16.1. The van der Waals surface area contributed by atoms with E-state index in [9.17, 15) is 13.2 Å².